The fourth-order valence-corrected chi connectivity index (χ4v) is 4.02. The first-order chi connectivity index (χ1) is 12.3. The van der Waals surface area contributed by atoms with Crippen molar-refractivity contribution in [3.63, 3.8) is 0 Å². The van der Waals surface area contributed by atoms with Gasteiger partial charge in [-0.3, -0.25) is 0 Å². The van der Waals surface area contributed by atoms with Crippen molar-refractivity contribution < 1.29 is 4.90 Å². The fourth-order valence-electron chi connectivity index (χ4n) is 3.85. The van der Waals surface area contributed by atoms with E-state index in [0.29, 0.717) is 6.04 Å². The van der Waals surface area contributed by atoms with Crippen molar-refractivity contribution in [2.24, 2.45) is 0 Å². The molecule has 7 heteroatoms. The molecule has 0 amide bonds. The second-order valence-corrected chi connectivity index (χ2v) is 8.59. The summed E-state index contributed by atoms with van der Waals surface area (Å²) in [5.41, 5.74) is 2.43. The van der Waals surface area contributed by atoms with Crippen LogP contribution >= 0.6 is 11.6 Å². The Balaban J connectivity index is 1.74. The van der Waals surface area contributed by atoms with Crippen molar-refractivity contribution in [3.05, 3.63) is 34.6 Å². The normalized spacial score (nSPS) is 17.5. The molecule has 1 aromatic carbocycles. The van der Waals surface area contributed by atoms with Crippen LogP contribution in [0.4, 0.5) is 5.69 Å². The van der Waals surface area contributed by atoms with Crippen molar-refractivity contribution in [1.82, 2.24) is 20.2 Å². The molecule has 1 saturated heterocycles. The summed E-state index contributed by atoms with van der Waals surface area (Å²) in [6.45, 7) is 15.0. The number of piperazine rings is 1. The first-order valence-corrected chi connectivity index (χ1v) is 9.83. The smallest absolute Gasteiger partial charge is 0.209 e. The van der Waals surface area contributed by atoms with Gasteiger partial charge in [0.05, 0.1) is 31.7 Å². The lowest BCUT2D eigenvalue weighted by Gasteiger charge is -2.38. The number of benzene rings is 1. The van der Waals surface area contributed by atoms with E-state index in [9.17, 15) is 0 Å². The van der Waals surface area contributed by atoms with Gasteiger partial charge >= 0.3 is 0 Å². The van der Waals surface area contributed by atoms with Crippen molar-refractivity contribution in [2.75, 3.05) is 31.1 Å². The third kappa shape index (κ3) is 3.86. The predicted octanol–water partition coefficient (Wildman–Crippen LogP) is 2.25. The molecule has 1 aromatic heterocycles. The van der Waals surface area contributed by atoms with Gasteiger partial charge in [-0.1, -0.05) is 24.6 Å². The van der Waals surface area contributed by atoms with Gasteiger partial charge < -0.3 is 9.80 Å². The molecule has 1 atom stereocenters. The van der Waals surface area contributed by atoms with Crippen molar-refractivity contribution in [2.45, 2.75) is 52.6 Å². The summed E-state index contributed by atoms with van der Waals surface area (Å²) in [6.07, 6.45) is 1.03. The predicted molar refractivity (Wildman–Crippen MR) is 105 cm³/mol. The van der Waals surface area contributed by atoms with Gasteiger partial charge in [0.2, 0.25) is 5.82 Å². The quantitative estimate of drug-likeness (QED) is 0.887. The topological polar surface area (TPSA) is 51.3 Å². The van der Waals surface area contributed by atoms with E-state index in [1.165, 1.54) is 11.3 Å². The van der Waals surface area contributed by atoms with Crippen LogP contribution in [0.25, 0.3) is 0 Å². The molecule has 2 aromatic rings. The Hall–Kier alpha value is -1.66. The highest BCUT2D eigenvalue weighted by atomic mass is 35.5. The van der Waals surface area contributed by atoms with E-state index in [-0.39, 0.29) is 5.54 Å². The molecule has 0 radical (unpaired) electrons. The second-order valence-electron chi connectivity index (χ2n) is 8.16. The molecule has 1 aliphatic rings. The number of rotatable bonds is 4. The third-order valence-electron chi connectivity index (χ3n) is 5.26. The minimum Gasteiger partial charge on any atom is -0.360 e. The zero-order valence-electron chi connectivity index (χ0n) is 16.5. The molecule has 0 aliphatic carbocycles. The number of quaternary nitrogens is 1. The second kappa shape index (κ2) is 7.53. The molecule has 0 bridgehead atoms. The van der Waals surface area contributed by atoms with Gasteiger partial charge in [-0.2, -0.15) is 0 Å². The maximum atomic E-state index is 6.21. The van der Waals surface area contributed by atoms with Crippen molar-refractivity contribution >= 4 is 17.3 Å². The van der Waals surface area contributed by atoms with Crippen LogP contribution in [-0.2, 0) is 5.54 Å². The molecule has 0 saturated carbocycles. The third-order valence-corrected chi connectivity index (χ3v) is 5.49. The summed E-state index contributed by atoms with van der Waals surface area (Å²) in [7, 11) is 0. The van der Waals surface area contributed by atoms with Crippen LogP contribution in [-0.4, -0.2) is 46.4 Å². The van der Waals surface area contributed by atoms with Gasteiger partial charge in [0.1, 0.15) is 6.04 Å². The van der Waals surface area contributed by atoms with Gasteiger partial charge in [-0.15, -0.1) is 5.10 Å². The lowest BCUT2D eigenvalue weighted by molar-refractivity contribution is -0.933. The van der Waals surface area contributed by atoms with Gasteiger partial charge in [-0.25, -0.2) is 4.68 Å². The van der Waals surface area contributed by atoms with E-state index < -0.39 is 0 Å². The summed E-state index contributed by atoms with van der Waals surface area (Å²) < 4.78 is 1.99. The molecule has 0 unspecified atom stereocenters. The molecule has 1 N–H and O–H groups in total. The summed E-state index contributed by atoms with van der Waals surface area (Å²) in [4.78, 5) is 4.01. The van der Waals surface area contributed by atoms with E-state index >= 15 is 0 Å². The van der Waals surface area contributed by atoms with Crippen molar-refractivity contribution in [3.8, 4) is 0 Å². The summed E-state index contributed by atoms with van der Waals surface area (Å²) in [5, 5.41) is 13.4. The standard InChI is InChI=1S/C19H29ClN6/c1-6-16(18-21-22-23-26(18)19(3,4)5)24-9-11-25(12-10-24)17-13-15(20)8-7-14(17)2/h7-8,13,16H,6,9-12H2,1-5H3/p+1/t16-/m0/s1. The van der Waals surface area contributed by atoms with Crippen molar-refractivity contribution in [1.29, 1.82) is 0 Å². The number of nitrogens with one attached hydrogen (secondary N) is 1. The van der Waals surface area contributed by atoms with E-state index in [1.807, 2.05) is 10.7 Å². The maximum absolute atomic E-state index is 6.21. The Morgan fingerprint density at radius 2 is 1.92 bits per heavy atom. The average Bonchev–Trinajstić information content (AvgIpc) is 3.08. The number of tetrazole rings is 1. The van der Waals surface area contributed by atoms with Gasteiger partial charge in [-0.05, 0) is 55.8 Å². The van der Waals surface area contributed by atoms with Gasteiger partial charge in [0.25, 0.3) is 0 Å². The molecular formula is C19H30ClN6+. The van der Waals surface area contributed by atoms with E-state index in [0.717, 1.165) is 43.4 Å². The van der Waals surface area contributed by atoms with Crippen LogP contribution in [0.15, 0.2) is 18.2 Å². The monoisotopic (exact) mass is 377 g/mol. The molecule has 1 fully saturated rings. The summed E-state index contributed by atoms with van der Waals surface area (Å²) in [5.74, 6) is 1.00. The fraction of sp³-hybridized carbons (Fsp3) is 0.632. The lowest BCUT2D eigenvalue weighted by Crippen LogP contribution is -3.15. The molecule has 26 heavy (non-hydrogen) atoms. The van der Waals surface area contributed by atoms with Gasteiger partial charge in [0, 0.05) is 17.1 Å². The van der Waals surface area contributed by atoms with Crippen LogP contribution in [0.1, 0.15) is 51.5 Å². The van der Waals surface area contributed by atoms with E-state index in [2.05, 4.69) is 67.2 Å². The average molecular weight is 378 g/mol. The largest absolute Gasteiger partial charge is 0.360 e. The lowest BCUT2D eigenvalue weighted by atomic mass is 10.1. The Morgan fingerprint density at radius 3 is 2.54 bits per heavy atom. The van der Waals surface area contributed by atoms with E-state index in [4.69, 9.17) is 11.6 Å². The number of aromatic nitrogens is 4. The Kier molecular flexibility index (Phi) is 5.53. The number of aryl methyl sites for hydroxylation is 1. The minimum absolute atomic E-state index is 0.106. The number of anilines is 1. The SMILES string of the molecule is CC[C@@H](c1nnnn1C(C)(C)C)[NH+]1CCN(c2cc(Cl)ccc2C)CC1. The van der Waals surface area contributed by atoms with E-state index in [1.54, 1.807) is 4.90 Å². The maximum Gasteiger partial charge on any atom is 0.209 e. The zero-order chi connectivity index (χ0) is 18.9. The Morgan fingerprint density at radius 1 is 1.23 bits per heavy atom. The van der Waals surface area contributed by atoms with Gasteiger partial charge in [0.15, 0.2) is 0 Å². The zero-order valence-corrected chi connectivity index (χ0v) is 17.2. The molecule has 6 nitrogen and oxygen atoms in total. The highest BCUT2D eigenvalue weighted by Gasteiger charge is 2.34. The number of hydrogen-bond donors (Lipinski definition) is 1. The van der Waals surface area contributed by atoms with Crippen LogP contribution < -0.4 is 9.80 Å². The first-order valence-electron chi connectivity index (χ1n) is 9.45. The number of halogens is 1. The molecular weight excluding hydrogens is 348 g/mol. The molecule has 0 spiro atoms. The van der Waals surface area contributed by atoms with Crippen LogP contribution in [0.3, 0.4) is 0 Å². The first kappa shape index (κ1) is 19.1. The summed E-state index contributed by atoms with van der Waals surface area (Å²) >= 11 is 6.21. The Labute approximate surface area is 161 Å². The molecule has 142 valence electrons. The molecule has 1 aliphatic heterocycles. The molecule has 3 rings (SSSR count). The Bertz CT molecular complexity index is 743. The number of nitrogens with zero attached hydrogens (tertiary/aromatic N) is 5. The van der Waals surface area contributed by atoms with Crippen LogP contribution in [0.5, 0.6) is 0 Å². The highest BCUT2D eigenvalue weighted by Crippen LogP contribution is 2.25. The summed E-state index contributed by atoms with van der Waals surface area (Å²) in [6, 6.07) is 6.47. The highest BCUT2D eigenvalue weighted by molar-refractivity contribution is 6.30. The minimum atomic E-state index is -0.106. The number of hydrogen-bond acceptors (Lipinski definition) is 4. The van der Waals surface area contributed by atoms with Crippen LogP contribution in [0.2, 0.25) is 5.02 Å². The van der Waals surface area contributed by atoms with Crippen LogP contribution in [0, 0.1) is 6.92 Å². The molecule has 2 heterocycles.